The van der Waals surface area contributed by atoms with Gasteiger partial charge in [0.2, 0.25) is 0 Å². The predicted molar refractivity (Wildman–Crippen MR) is 69.7 cm³/mol. The maximum atomic E-state index is 3.44. The number of hydrogen-bond donors (Lipinski definition) is 1. The van der Waals surface area contributed by atoms with E-state index in [0.717, 1.165) is 0 Å². The van der Waals surface area contributed by atoms with Gasteiger partial charge in [-0.15, -0.1) is 11.3 Å². The van der Waals surface area contributed by atoms with Gasteiger partial charge in [-0.1, -0.05) is 20.8 Å². The van der Waals surface area contributed by atoms with E-state index < -0.39 is 0 Å². The molecular formula is C13H23NS. The second-order valence-corrected chi connectivity index (χ2v) is 6.80. The first-order chi connectivity index (χ1) is 6.83. The first kappa shape index (κ1) is 12.7. The van der Waals surface area contributed by atoms with E-state index in [4.69, 9.17) is 0 Å². The van der Waals surface area contributed by atoms with Crippen molar-refractivity contribution in [1.82, 2.24) is 5.32 Å². The Hall–Kier alpha value is -0.340. The normalized spacial score (nSPS) is 14.3. The molecule has 0 fully saturated rings. The van der Waals surface area contributed by atoms with Crippen LogP contribution in [0.3, 0.4) is 0 Å². The van der Waals surface area contributed by atoms with Gasteiger partial charge in [0.15, 0.2) is 0 Å². The summed E-state index contributed by atoms with van der Waals surface area (Å²) in [6.07, 6.45) is 1.18. The molecule has 15 heavy (non-hydrogen) atoms. The van der Waals surface area contributed by atoms with Gasteiger partial charge < -0.3 is 5.32 Å². The largest absolute Gasteiger partial charge is 0.312 e. The lowest BCUT2D eigenvalue weighted by atomic mass is 9.87. The molecule has 0 aromatic carbocycles. The Morgan fingerprint density at radius 2 is 1.93 bits per heavy atom. The van der Waals surface area contributed by atoms with Crippen LogP contribution in [0.15, 0.2) is 6.07 Å². The van der Waals surface area contributed by atoms with Gasteiger partial charge in [-0.25, -0.2) is 0 Å². The highest BCUT2D eigenvalue weighted by molar-refractivity contribution is 7.12. The molecule has 0 saturated heterocycles. The molecule has 86 valence electrons. The van der Waals surface area contributed by atoms with Gasteiger partial charge in [0.1, 0.15) is 0 Å². The Balaban J connectivity index is 2.88. The molecule has 1 heterocycles. The lowest BCUT2D eigenvalue weighted by Crippen LogP contribution is -2.22. The van der Waals surface area contributed by atoms with E-state index in [0.29, 0.717) is 11.5 Å². The quantitative estimate of drug-likeness (QED) is 0.818. The molecule has 1 unspecified atom stereocenters. The first-order valence-corrected chi connectivity index (χ1v) is 6.39. The van der Waals surface area contributed by atoms with Gasteiger partial charge in [-0.05, 0) is 44.4 Å². The molecule has 0 radical (unpaired) electrons. The molecule has 2 heteroatoms. The number of hydrogen-bond acceptors (Lipinski definition) is 2. The summed E-state index contributed by atoms with van der Waals surface area (Å²) in [7, 11) is 2.06. The van der Waals surface area contributed by atoms with Crippen molar-refractivity contribution in [2.24, 2.45) is 5.41 Å². The predicted octanol–water partition coefficient (Wildman–Crippen LogP) is 4.06. The van der Waals surface area contributed by atoms with E-state index in [1.165, 1.54) is 21.7 Å². The summed E-state index contributed by atoms with van der Waals surface area (Å²) >= 11 is 1.93. The standard InChI is InChI=1S/C13H23NS/c1-9-7-10(2)15-12(9)11(14-6)8-13(3,4)5/h7,11,14H,8H2,1-6H3. The van der Waals surface area contributed by atoms with Gasteiger partial charge in [0, 0.05) is 15.8 Å². The first-order valence-electron chi connectivity index (χ1n) is 5.57. The summed E-state index contributed by atoms with van der Waals surface area (Å²) in [5.74, 6) is 0. The van der Waals surface area contributed by atoms with Crippen LogP contribution in [0.5, 0.6) is 0 Å². The van der Waals surface area contributed by atoms with Crippen LogP contribution in [-0.4, -0.2) is 7.05 Å². The van der Waals surface area contributed by atoms with Gasteiger partial charge in [-0.3, -0.25) is 0 Å². The zero-order valence-corrected chi connectivity index (χ0v) is 11.6. The molecule has 0 saturated carbocycles. The molecule has 1 rings (SSSR count). The average Bonchev–Trinajstić information content (AvgIpc) is 2.39. The third-order valence-corrected chi connectivity index (χ3v) is 3.83. The topological polar surface area (TPSA) is 12.0 Å². The highest BCUT2D eigenvalue weighted by Crippen LogP contribution is 2.34. The van der Waals surface area contributed by atoms with E-state index in [9.17, 15) is 0 Å². The Labute approximate surface area is 97.9 Å². The lowest BCUT2D eigenvalue weighted by molar-refractivity contribution is 0.323. The minimum absolute atomic E-state index is 0.373. The summed E-state index contributed by atoms with van der Waals surface area (Å²) in [5.41, 5.74) is 1.80. The number of thiophene rings is 1. The zero-order valence-electron chi connectivity index (χ0n) is 10.8. The van der Waals surface area contributed by atoms with E-state index in [-0.39, 0.29) is 0 Å². The van der Waals surface area contributed by atoms with Crippen LogP contribution >= 0.6 is 11.3 Å². The lowest BCUT2D eigenvalue weighted by Gasteiger charge is -2.25. The highest BCUT2D eigenvalue weighted by Gasteiger charge is 2.21. The van der Waals surface area contributed by atoms with Gasteiger partial charge in [0.05, 0.1) is 0 Å². The molecule has 0 amide bonds. The molecule has 1 aromatic rings. The smallest absolute Gasteiger partial charge is 0.0420 e. The molecule has 0 aliphatic heterocycles. The molecule has 1 atom stereocenters. The van der Waals surface area contributed by atoms with Gasteiger partial charge >= 0.3 is 0 Å². The summed E-state index contributed by atoms with van der Waals surface area (Å²) in [6.45, 7) is 11.3. The van der Waals surface area contributed by atoms with Gasteiger partial charge in [0.25, 0.3) is 0 Å². The Kier molecular flexibility index (Phi) is 3.96. The maximum absolute atomic E-state index is 3.44. The summed E-state index contributed by atoms with van der Waals surface area (Å²) in [5, 5.41) is 3.44. The van der Waals surface area contributed by atoms with E-state index in [2.05, 4.69) is 53.0 Å². The van der Waals surface area contributed by atoms with Crippen LogP contribution < -0.4 is 5.32 Å². The van der Waals surface area contributed by atoms with Crippen molar-refractivity contribution in [2.75, 3.05) is 7.05 Å². The number of aryl methyl sites for hydroxylation is 2. The summed E-state index contributed by atoms with van der Waals surface area (Å²) in [4.78, 5) is 2.92. The molecule has 1 aromatic heterocycles. The summed E-state index contributed by atoms with van der Waals surface area (Å²) in [6, 6.07) is 2.79. The van der Waals surface area contributed by atoms with Crippen molar-refractivity contribution < 1.29 is 0 Å². The van der Waals surface area contributed by atoms with Crippen molar-refractivity contribution in [3.05, 3.63) is 21.4 Å². The SMILES string of the molecule is CNC(CC(C)(C)C)c1sc(C)cc1C. The zero-order chi connectivity index (χ0) is 11.6. The molecule has 1 N–H and O–H groups in total. The molecule has 0 bridgehead atoms. The van der Waals surface area contributed by atoms with Crippen LogP contribution in [0.1, 0.15) is 48.6 Å². The average molecular weight is 225 g/mol. The molecule has 0 aliphatic carbocycles. The summed E-state index contributed by atoms with van der Waals surface area (Å²) < 4.78 is 0. The van der Waals surface area contributed by atoms with Crippen LogP contribution in [-0.2, 0) is 0 Å². The van der Waals surface area contributed by atoms with Crippen molar-refractivity contribution in [1.29, 1.82) is 0 Å². The van der Waals surface area contributed by atoms with E-state index >= 15 is 0 Å². The third-order valence-electron chi connectivity index (χ3n) is 2.56. The number of rotatable bonds is 3. The van der Waals surface area contributed by atoms with E-state index in [1.54, 1.807) is 0 Å². The molecule has 0 spiro atoms. The molecule has 1 nitrogen and oxygen atoms in total. The number of nitrogens with one attached hydrogen (secondary N) is 1. The third kappa shape index (κ3) is 3.62. The van der Waals surface area contributed by atoms with Gasteiger partial charge in [-0.2, -0.15) is 0 Å². The fourth-order valence-corrected chi connectivity index (χ4v) is 3.09. The van der Waals surface area contributed by atoms with Crippen LogP contribution in [0.4, 0.5) is 0 Å². The highest BCUT2D eigenvalue weighted by atomic mass is 32.1. The molecular weight excluding hydrogens is 202 g/mol. The van der Waals surface area contributed by atoms with Crippen molar-refractivity contribution in [3.8, 4) is 0 Å². The monoisotopic (exact) mass is 225 g/mol. The Morgan fingerprint density at radius 3 is 2.27 bits per heavy atom. The van der Waals surface area contributed by atoms with Crippen molar-refractivity contribution >= 4 is 11.3 Å². The fourth-order valence-electron chi connectivity index (χ4n) is 1.94. The van der Waals surface area contributed by atoms with Crippen molar-refractivity contribution in [2.45, 2.75) is 47.1 Å². The Bertz CT molecular complexity index is 320. The van der Waals surface area contributed by atoms with Crippen LogP contribution in [0.25, 0.3) is 0 Å². The fraction of sp³-hybridized carbons (Fsp3) is 0.692. The maximum Gasteiger partial charge on any atom is 0.0420 e. The molecule has 0 aliphatic rings. The van der Waals surface area contributed by atoms with Crippen LogP contribution in [0.2, 0.25) is 0 Å². The second-order valence-electron chi connectivity index (χ2n) is 5.51. The van der Waals surface area contributed by atoms with E-state index in [1.807, 2.05) is 11.3 Å². The van der Waals surface area contributed by atoms with Crippen LogP contribution in [0, 0.1) is 19.3 Å². The second kappa shape index (κ2) is 4.67. The van der Waals surface area contributed by atoms with Crippen molar-refractivity contribution in [3.63, 3.8) is 0 Å². The minimum Gasteiger partial charge on any atom is -0.312 e. The minimum atomic E-state index is 0.373. The Morgan fingerprint density at radius 1 is 1.33 bits per heavy atom.